The van der Waals surface area contributed by atoms with E-state index in [1.807, 2.05) is 75.4 Å². The molecular weight excluding hydrogens is 831 g/mol. The third-order valence-electron chi connectivity index (χ3n) is 12.1. The lowest BCUT2D eigenvalue weighted by Crippen LogP contribution is -2.43. The van der Waals surface area contributed by atoms with E-state index in [-0.39, 0.29) is 68.8 Å². The van der Waals surface area contributed by atoms with Crippen molar-refractivity contribution in [3.8, 4) is 11.1 Å². The normalized spacial score (nSPS) is 12.9. The summed E-state index contributed by atoms with van der Waals surface area (Å²) in [5, 5.41) is 8.30. The second-order valence-electron chi connectivity index (χ2n) is 18.9. The van der Waals surface area contributed by atoms with Crippen molar-refractivity contribution < 1.29 is 38.2 Å². The van der Waals surface area contributed by atoms with Crippen LogP contribution in [0.5, 0.6) is 0 Å². The molecule has 0 heterocycles. The zero-order valence-electron chi connectivity index (χ0n) is 40.5. The Morgan fingerprint density at radius 2 is 1.09 bits per heavy atom. The van der Waals surface area contributed by atoms with Crippen LogP contribution in [0.1, 0.15) is 179 Å². The number of carbonyl (C=O) groups is 5. The molecule has 0 saturated heterocycles. The molecule has 0 spiro atoms. The molecule has 11 nitrogen and oxygen atoms in total. The maximum Gasteiger partial charge on any atom is 0.407 e. The van der Waals surface area contributed by atoms with Gasteiger partial charge in [0.1, 0.15) is 24.9 Å². The van der Waals surface area contributed by atoms with Gasteiger partial charge in [0.2, 0.25) is 11.8 Å². The highest BCUT2D eigenvalue weighted by Crippen LogP contribution is 2.44. The fourth-order valence-corrected chi connectivity index (χ4v) is 8.64. The lowest BCUT2D eigenvalue weighted by atomic mass is 9.95. The number of fused-ring (bicyclic) bond motifs is 3. The number of esters is 2. The molecule has 2 unspecified atom stereocenters. The summed E-state index contributed by atoms with van der Waals surface area (Å²) < 4.78 is 16.8. The first kappa shape index (κ1) is 53.4. The minimum Gasteiger partial charge on any atom is -0.460 e. The number of hydrogen-bond acceptors (Lipinski definition) is 8. The Balaban J connectivity index is 1.03. The monoisotopic (exact) mass is 910 g/mol. The molecule has 2 atom stereocenters. The van der Waals surface area contributed by atoms with Gasteiger partial charge in [0.25, 0.3) is 0 Å². The van der Waals surface area contributed by atoms with Gasteiger partial charge in [-0.25, -0.2) is 9.59 Å². The summed E-state index contributed by atoms with van der Waals surface area (Å²) in [7, 11) is 0. The maximum absolute atomic E-state index is 13.2. The highest BCUT2D eigenvalue weighted by Gasteiger charge is 2.29. The summed E-state index contributed by atoms with van der Waals surface area (Å²) in [5.41, 5.74) is 4.97. The van der Waals surface area contributed by atoms with Crippen molar-refractivity contribution in [1.82, 2.24) is 16.0 Å². The summed E-state index contributed by atoms with van der Waals surface area (Å²) >= 11 is 0. The van der Waals surface area contributed by atoms with Gasteiger partial charge < -0.3 is 30.2 Å². The van der Waals surface area contributed by atoms with Crippen molar-refractivity contribution in [1.29, 1.82) is 0 Å². The predicted octanol–water partition coefficient (Wildman–Crippen LogP) is 11.6. The Hall–Kier alpha value is -5.19. The van der Waals surface area contributed by atoms with Crippen LogP contribution in [0, 0.1) is 5.92 Å². The van der Waals surface area contributed by atoms with Crippen molar-refractivity contribution in [3.63, 3.8) is 0 Å². The van der Waals surface area contributed by atoms with Crippen molar-refractivity contribution in [2.24, 2.45) is 5.92 Å². The van der Waals surface area contributed by atoms with Gasteiger partial charge in [0, 0.05) is 31.8 Å². The van der Waals surface area contributed by atoms with E-state index in [0.29, 0.717) is 6.42 Å². The first-order chi connectivity index (χ1) is 31.9. The van der Waals surface area contributed by atoms with Crippen LogP contribution in [-0.4, -0.2) is 61.2 Å². The minimum atomic E-state index is -0.958. The van der Waals surface area contributed by atoms with Crippen molar-refractivity contribution in [2.45, 2.75) is 180 Å². The molecule has 362 valence electrons. The van der Waals surface area contributed by atoms with Crippen LogP contribution in [-0.2, 0) is 40.0 Å². The molecule has 1 aliphatic rings. The summed E-state index contributed by atoms with van der Waals surface area (Å²) in [6.07, 6.45) is 18.8. The molecule has 1 aliphatic carbocycles. The number of nitrogens with one attached hydrogen (secondary N) is 3. The molecule has 0 aliphatic heterocycles. The molecule has 0 aromatic heterocycles. The van der Waals surface area contributed by atoms with E-state index < -0.39 is 23.7 Å². The van der Waals surface area contributed by atoms with Crippen LogP contribution in [0.25, 0.3) is 11.1 Å². The largest absolute Gasteiger partial charge is 0.460 e. The number of alkyl carbamates (subject to hydrolysis) is 1. The van der Waals surface area contributed by atoms with Crippen LogP contribution >= 0.6 is 0 Å². The topological polar surface area (TPSA) is 149 Å². The van der Waals surface area contributed by atoms with E-state index in [0.717, 1.165) is 79.2 Å². The number of carbonyl (C=O) groups excluding carboxylic acids is 5. The summed E-state index contributed by atoms with van der Waals surface area (Å²) in [5.74, 6) is -1.17. The first-order valence-corrected chi connectivity index (χ1v) is 25.0. The summed E-state index contributed by atoms with van der Waals surface area (Å²) in [4.78, 5) is 64.0. The Morgan fingerprint density at radius 3 is 1.67 bits per heavy atom. The molecule has 0 radical (unpaired) electrons. The van der Waals surface area contributed by atoms with E-state index in [2.05, 4.69) is 47.1 Å². The Morgan fingerprint density at radius 1 is 0.561 bits per heavy atom. The zero-order chi connectivity index (χ0) is 47.4. The number of benzene rings is 3. The first-order valence-electron chi connectivity index (χ1n) is 25.0. The van der Waals surface area contributed by atoms with E-state index in [1.54, 1.807) is 0 Å². The Kier molecular flexibility index (Phi) is 24.4. The summed E-state index contributed by atoms with van der Waals surface area (Å²) in [6, 6.07) is 24.7. The van der Waals surface area contributed by atoms with Gasteiger partial charge in [0.05, 0.1) is 5.92 Å². The van der Waals surface area contributed by atoms with Crippen LogP contribution in [0.2, 0.25) is 0 Å². The zero-order valence-corrected chi connectivity index (χ0v) is 40.5. The maximum atomic E-state index is 13.2. The van der Waals surface area contributed by atoms with Crippen molar-refractivity contribution in [2.75, 3.05) is 19.7 Å². The van der Waals surface area contributed by atoms with Crippen LogP contribution in [0.15, 0.2) is 78.9 Å². The van der Waals surface area contributed by atoms with Gasteiger partial charge in [-0.2, -0.15) is 0 Å². The van der Waals surface area contributed by atoms with Crippen molar-refractivity contribution in [3.05, 3.63) is 95.6 Å². The molecule has 0 bridgehead atoms. The molecule has 66 heavy (non-hydrogen) atoms. The SMILES string of the molecule is CCCC(CCCCCCCCCCCCCCCCC(=O)NC(CCC(=O)NCCNC(=O)OCC1c2ccccc2-c2ccccc21)C(=O)OCc1ccccc1)C(=O)OC(C)(C)C. The van der Waals surface area contributed by atoms with Crippen LogP contribution in [0.4, 0.5) is 4.79 Å². The molecule has 3 aromatic rings. The number of hydrogen-bond donors (Lipinski definition) is 3. The average Bonchev–Trinajstić information content (AvgIpc) is 3.62. The number of ether oxygens (including phenoxy) is 3. The average molecular weight is 910 g/mol. The van der Waals surface area contributed by atoms with E-state index in [9.17, 15) is 24.0 Å². The number of unbranched alkanes of at least 4 members (excludes halogenated alkanes) is 13. The second-order valence-corrected chi connectivity index (χ2v) is 18.9. The minimum absolute atomic E-state index is 0.00536. The molecule has 4 rings (SSSR count). The fraction of sp³-hybridized carbons (Fsp3) is 0.582. The predicted molar refractivity (Wildman–Crippen MR) is 262 cm³/mol. The lowest BCUT2D eigenvalue weighted by Gasteiger charge is -2.23. The molecule has 3 amide bonds. The van der Waals surface area contributed by atoms with Gasteiger partial charge in [-0.15, -0.1) is 0 Å². The third-order valence-corrected chi connectivity index (χ3v) is 12.1. The lowest BCUT2D eigenvalue weighted by molar-refractivity contribution is -0.160. The Bertz CT molecular complexity index is 1870. The van der Waals surface area contributed by atoms with Gasteiger partial charge in [-0.3, -0.25) is 14.4 Å². The van der Waals surface area contributed by atoms with Gasteiger partial charge >= 0.3 is 18.0 Å². The standard InChI is InChI=1S/C55H79N3O8/c1-5-27-43(52(61)66-55(2,3)4)30-21-16-14-12-10-8-6-7-9-11-13-15-17-22-35-51(60)58-49(53(62)64-40-42-28-19-18-20-29-42)36-37-50(59)56-38-39-57-54(63)65-41-48-46-33-25-23-31-44(46)45-32-24-26-34-47(45)48/h18-20,23-26,28-29,31-34,43,48-49H,5-17,21-22,27,30,35-41H2,1-4H3,(H,56,59)(H,57,63)(H,58,60). The van der Waals surface area contributed by atoms with Crippen molar-refractivity contribution >= 4 is 29.8 Å². The number of amides is 3. The molecular formula is C55H79N3O8. The molecule has 0 fully saturated rings. The van der Waals surface area contributed by atoms with Crippen LogP contribution < -0.4 is 16.0 Å². The van der Waals surface area contributed by atoms with E-state index in [1.165, 1.54) is 57.8 Å². The quantitative estimate of drug-likeness (QED) is 0.0318. The summed E-state index contributed by atoms with van der Waals surface area (Å²) in [6.45, 7) is 8.56. The highest BCUT2D eigenvalue weighted by molar-refractivity contribution is 5.85. The van der Waals surface area contributed by atoms with Crippen LogP contribution in [0.3, 0.4) is 0 Å². The Labute approximate surface area is 395 Å². The highest BCUT2D eigenvalue weighted by atomic mass is 16.6. The van der Waals surface area contributed by atoms with E-state index >= 15 is 0 Å². The van der Waals surface area contributed by atoms with E-state index in [4.69, 9.17) is 14.2 Å². The third kappa shape index (κ3) is 20.5. The molecule has 3 aromatic carbocycles. The molecule has 11 heteroatoms. The molecule has 3 N–H and O–H groups in total. The number of rotatable bonds is 32. The molecule has 0 saturated carbocycles. The van der Waals surface area contributed by atoms with Gasteiger partial charge in [-0.05, 0) is 74.3 Å². The second kappa shape index (κ2) is 30.2. The van der Waals surface area contributed by atoms with Gasteiger partial charge in [-0.1, -0.05) is 176 Å². The smallest absolute Gasteiger partial charge is 0.407 e. The fourth-order valence-electron chi connectivity index (χ4n) is 8.64. The van der Waals surface area contributed by atoms with Gasteiger partial charge in [0.15, 0.2) is 0 Å².